The van der Waals surface area contributed by atoms with Gasteiger partial charge in [-0.05, 0) is 44.7 Å². The molecule has 1 fully saturated rings. The van der Waals surface area contributed by atoms with E-state index in [1.807, 2.05) is 0 Å². The third-order valence-electron chi connectivity index (χ3n) is 3.38. The molecule has 0 radical (unpaired) electrons. The van der Waals surface area contributed by atoms with Crippen molar-refractivity contribution >= 4 is 0 Å². The van der Waals surface area contributed by atoms with Crippen LogP contribution in [0.3, 0.4) is 0 Å². The van der Waals surface area contributed by atoms with Crippen LogP contribution in [0.25, 0.3) is 0 Å². The lowest BCUT2D eigenvalue weighted by molar-refractivity contribution is 0.0978. The highest BCUT2D eigenvalue weighted by molar-refractivity contribution is 5.35. The quantitative estimate of drug-likeness (QED) is 0.805. The Labute approximate surface area is 113 Å². The van der Waals surface area contributed by atoms with Crippen LogP contribution in [0.1, 0.15) is 44.3 Å². The molecule has 0 spiro atoms. The first-order chi connectivity index (χ1) is 9.16. The van der Waals surface area contributed by atoms with E-state index in [1.165, 1.54) is 12.1 Å². The fourth-order valence-corrected chi connectivity index (χ4v) is 2.34. The van der Waals surface area contributed by atoms with Crippen LogP contribution >= 0.6 is 0 Å². The van der Waals surface area contributed by atoms with E-state index in [1.54, 1.807) is 13.0 Å². The third-order valence-corrected chi connectivity index (χ3v) is 3.38. The van der Waals surface area contributed by atoms with Crippen molar-refractivity contribution in [1.29, 1.82) is 0 Å². The zero-order chi connectivity index (χ0) is 13.7. The summed E-state index contributed by atoms with van der Waals surface area (Å²) >= 11 is 0. The fraction of sp³-hybridized carbons (Fsp3) is 0.600. The summed E-state index contributed by atoms with van der Waals surface area (Å²) in [7, 11) is 0. The highest BCUT2D eigenvalue weighted by atomic mass is 19.1. The molecule has 1 aromatic carbocycles. The lowest BCUT2D eigenvalue weighted by Crippen LogP contribution is -2.08. The van der Waals surface area contributed by atoms with Gasteiger partial charge in [0, 0.05) is 18.2 Å². The van der Waals surface area contributed by atoms with Gasteiger partial charge in [0.15, 0.2) is 0 Å². The lowest BCUT2D eigenvalue weighted by atomic mass is 10.1. The van der Waals surface area contributed by atoms with Crippen LogP contribution in [0.15, 0.2) is 18.2 Å². The van der Waals surface area contributed by atoms with Crippen LogP contribution in [-0.2, 0) is 4.74 Å². The zero-order valence-electron chi connectivity index (χ0n) is 11.3. The van der Waals surface area contributed by atoms with E-state index in [0.717, 1.165) is 32.3 Å². The summed E-state index contributed by atoms with van der Waals surface area (Å²) in [4.78, 5) is 0. The fourth-order valence-electron chi connectivity index (χ4n) is 2.34. The van der Waals surface area contributed by atoms with Gasteiger partial charge in [0.2, 0.25) is 0 Å². The van der Waals surface area contributed by atoms with Gasteiger partial charge >= 0.3 is 0 Å². The number of aliphatic hydroxyl groups is 1. The largest absolute Gasteiger partial charge is 0.493 e. The standard InChI is InChI=1S/C15H21FO3/c1-11(17)14-7-6-12(16)10-15(14)19-9-3-5-13-4-2-8-18-13/h6-7,10-11,13,17H,2-5,8-9H2,1H3/t11-,13?/m0/s1. The molecule has 0 saturated carbocycles. The van der Waals surface area contributed by atoms with Crippen molar-refractivity contribution in [2.24, 2.45) is 0 Å². The van der Waals surface area contributed by atoms with Gasteiger partial charge in [-0.25, -0.2) is 4.39 Å². The minimum absolute atomic E-state index is 0.349. The van der Waals surface area contributed by atoms with Crippen molar-refractivity contribution in [2.45, 2.75) is 44.8 Å². The first kappa shape index (κ1) is 14.3. The van der Waals surface area contributed by atoms with E-state index >= 15 is 0 Å². The number of aliphatic hydroxyl groups excluding tert-OH is 1. The highest BCUT2D eigenvalue weighted by Crippen LogP contribution is 2.26. The average molecular weight is 268 g/mol. The molecule has 0 aromatic heterocycles. The van der Waals surface area contributed by atoms with Crippen molar-refractivity contribution in [2.75, 3.05) is 13.2 Å². The second-order valence-corrected chi connectivity index (χ2v) is 4.98. The first-order valence-electron chi connectivity index (χ1n) is 6.88. The molecule has 1 heterocycles. The molecule has 106 valence electrons. The molecular weight excluding hydrogens is 247 g/mol. The number of ether oxygens (including phenoxy) is 2. The van der Waals surface area contributed by atoms with Crippen LogP contribution in [0.4, 0.5) is 4.39 Å². The topological polar surface area (TPSA) is 38.7 Å². The second-order valence-electron chi connectivity index (χ2n) is 4.98. The minimum atomic E-state index is -0.659. The molecule has 1 aliphatic heterocycles. The molecule has 2 atom stereocenters. The summed E-state index contributed by atoms with van der Waals surface area (Å²) in [6.45, 7) is 3.02. The van der Waals surface area contributed by atoms with E-state index in [0.29, 0.717) is 24.0 Å². The van der Waals surface area contributed by atoms with Gasteiger partial charge in [0.1, 0.15) is 11.6 Å². The van der Waals surface area contributed by atoms with Crippen molar-refractivity contribution in [3.63, 3.8) is 0 Å². The van der Waals surface area contributed by atoms with Crippen LogP contribution in [0.2, 0.25) is 0 Å². The van der Waals surface area contributed by atoms with Gasteiger partial charge in [0.25, 0.3) is 0 Å². The smallest absolute Gasteiger partial charge is 0.127 e. The van der Waals surface area contributed by atoms with E-state index in [4.69, 9.17) is 9.47 Å². The number of rotatable bonds is 6. The van der Waals surface area contributed by atoms with Crippen molar-refractivity contribution in [1.82, 2.24) is 0 Å². The normalized spacial score (nSPS) is 20.5. The molecule has 0 amide bonds. The van der Waals surface area contributed by atoms with E-state index < -0.39 is 6.10 Å². The maximum atomic E-state index is 13.2. The van der Waals surface area contributed by atoms with Crippen molar-refractivity contribution in [3.05, 3.63) is 29.6 Å². The van der Waals surface area contributed by atoms with Gasteiger partial charge in [-0.15, -0.1) is 0 Å². The third kappa shape index (κ3) is 4.18. The number of benzene rings is 1. The molecule has 1 saturated heterocycles. The van der Waals surface area contributed by atoms with Crippen LogP contribution in [0, 0.1) is 5.82 Å². The number of hydrogen-bond acceptors (Lipinski definition) is 3. The van der Waals surface area contributed by atoms with Crippen LogP contribution in [-0.4, -0.2) is 24.4 Å². The summed E-state index contributed by atoms with van der Waals surface area (Å²) in [5, 5.41) is 9.60. The molecule has 1 aliphatic rings. The molecule has 1 N–H and O–H groups in total. The molecule has 3 nitrogen and oxygen atoms in total. The maximum absolute atomic E-state index is 13.2. The van der Waals surface area contributed by atoms with Gasteiger partial charge in [0.05, 0.1) is 18.8 Å². The maximum Gasteiger partial charge on any atom is 0.127 e. The van der Waals surface area contributed by atoms with Crippen molar-refractivity contribution < 1.29 is 19.0 Å². The SMILES string of the molecule is C[C@H](O)c1ccc(F)cc1OCCCC1CCCO1. The van der Waals surface area contributed by atoms with Crippen molar-refractivity contribution in [3.8, 4) is 5.75 Å². The Morgan fingerprint density at radius 2 is 2.37 bits per heavy atom. The average Bonchev–Trinajstić information content (AvgIpc) is 2.87. The Hall–Kier alpha value is -1.13. The highest BCUT2D eigenvalue weighted by Gasteiger charge is 2.15. The molecule has 1 unspecified atom stereocenters. The van der Waals surface area contributed by atoms with E-state index in [9.17, 15) is 9.50 Å². The predicted octanol–water partition coefficient (Wildman–Crippen LogP) is 3.22. The zero-order valence-corrected chi connectivity index (χ0v) is 11.3. The molecule has 19 heavy (non-hydrogen) atoms. The summed E-state index contributed by atoms with van der Waals surface area (Å²) in [6.07, 6.45) is 3.81. The van der Waals surface area contributed by atoms with Gasteiger partial charge in [-0.3, -0.25) is 0 Å². The predicted molar refractivity (Wildman–Crippen MR) is 70.7 cm³/mol. The van der Waals surface area contributed by atoms with Gasteiger partial charge < -0.3 is 14.6 Å². The Bertz CT molecular complexity index is 400. The molecular formula is C15H21FO3. The van der Waals surface area contributed by atoms with Gasteiger partial charge in [-0.1, -0.05) is 0 Å². The van der Waals surface area contributed by atoms with Crippen LogP contribution in [0.5, 0.6) is 5.75 Å². The van der Waals surface area contributed by atoms with E-state index in [-0.39, 0.29) is 5.82 Å². The molecule has 2 rings (SSSR count). The monoisotopic (exact) mass is 268 g/mol. The Morgan fingerprint density at radius 1 is 1.53 bits per heavy atom. The first-order valence-corrected chi connectivity index (χ1v) is 6.88. The van der Waals surface area contributed by atoms with E-state index in [2.05, 4.69) is 0 Å². The minimum Gasteiger partial charge on any atom is -0.493 e. The second kappa shape index (κ2) is 6.87. The molecule has 4 heteroatoms. The summed E-state index contributed by atoms with van der Waals surface area (Å²) in [6, 6.07) is 4.23. The summed E-state index contributed by atoms with van der Waals surface area (Å²) in [5.41, 5.74) is 0.624. The summed E-state index contributed by atoms with van der Waals surface area (Å²) < 4.78 is 24.3. The Kier molecular flexibility index (Phi) is 5.16. The summed E-state index contributed by atoms with van der Waals surface area (Å²) in [5.74, 6) is 0.0841. The molecule has 0 aliphatic carbocycles. The number of halogens is 1. The number of hydrogen-bond donors (Lipinski definition) is 1. The molecule has 0 bridgehead atoms. The Balaban J connectivity index is 1.82. The Morgan fingerprint density at radius 3 is 3.05 bits per heavy atom. The molecule has 1 aromatic rings. The lowest BCUT2D eigenvalue weighted by Gasteiger charge is -2.14. The van der Waals surface area contributed by atoms with Crippen LogP contribution < -0.4 is 4.74 Å². The van der Waals surface area contributed by atoms with Gasteiger partial charge in [-0.2, -0.15) is 0 Å².